The molecule has 10 nitrogen and oxygen atoms in total. The zero-order chi connectivity index (χ0) is 21.3. The van der Waals surface area contributed by atoms with Gasteiger partial charge in [-0.05, 0) is 24.8 Å². The minimum absolute atomic E-state index is 0.0761. The molecule has 0 aromatic carbocycles. The van der Waals surface area contributed by atoms with E-state index in [0.29, 0.717) is 27.8 Å². The summed E-state index contributed by atoms with van der Waals surface area (Å²) in [6.07, 6.45) is 0.214. The number of ether oxygens (including phenoxy) is 1. The van der Waals surface area contributed by atoms with Gasteiger partial charge in [-0.25, -0.2) is 4.79 Å². The molecule has 0 aliphatic heterocycles. The standard InChI is InChI=1S/C17H20N6O4S3/c1-3-7-23(9-12-19-20-14(27-12)11-6-5-8-28-11)13(24)10-29-17-22-21-15(30-17)18-16(25)26-4-2/h5-6,8H,3-4,7,9-10H2,1-2H3,(H,18,21,25). The van der Waals surface area contributed by atoms with Crippen LogP contribution in [0.4, 0.5) is 9.93 Å². The smallest absolute Gasteiger partial charge is 0.413 e. The fourth-order valence-corrected chi connectivity index (χ4v) is 4.61. The van der Waals surface area contributed by atoms with E-state index in [1.807, 2.05) is 24.4 Å². The van der Waals surface area contributed by atoms with Crippen LogP contribution in [0.15, 0.2) is 26.3 Å². The van der Waals surface area contributed by atoms with E-state index in [2.05, 4.69) is 25.7 Å². The van der Waals surface area contributed by atoms with Crippen molar-refractivity contribution in [1.29, 1.82) is 0 Å². The Labute approximate surface area is 185 Å². The summed E-state index contributed by atoms with van der Waals surface area (Å²) in [5.74, 6) is 0.948. The van der Waals surface area contributed by atoms with Gasteiger partial charge in [0.15, 0.2) is 4.34 Å². The maximum absolute atomic E-state index is 12.7. The molecule has 0 radical (unpaired) electrons. The first-order valence-corrected chi connectivity index (χ1v) is 11.8. The van der Waals surface area contributed by atoms with Crippen LogP contribution in [0.3, 0.4) is 0 Å². The van der Waals surface area contributed by atoms with E-state index >= 15 is 0 Å². The summed E-state index contributed by atoms with van der Waals surface area (Å²) < 4.78 is 11.1. The Balaban J connectivity index is 1.54. The van der Waals surface area contributed by atoms with Crippen molar-refractivity contribution in [3.05, 3.63) is 23.4 Å². The van der Waals surface area contributed by atoms with Gasteiger partial charge >= 0.3 is 6.09 Å². The summed E-state index contributed by atoms with van der Waals surface area (Å²) in [7, 11) is 0. The molecule has 0 saturated carbocycles. The van der Waals surface area contributed by atoms with Crippen molar-refractivity contribution in [3.8, 4) is 10.8 Å². The summed E-state index contributed by atoms with van der Waals surface area (Å²) in [4.78, 5) is 26.7. The highest BCUT2D eigenvalue weighted by atomic mass is 32.2. The molecule has 3 rings (SSSR count). The van der Waals surface area contributed by atoms with E-state index in [-0.39, 0.29) is 24.8 Å². The first-order valence-electron chi connectivity index (χ1n) is 9.13. The number of carbonyl (C=O) groups is 2. The lowest BCUT2D eigenvalue weighted by Gasteiger charge is -2.19. The molecule has 13 heteroatoms. The molecule has 2 amide bonds. The molecular weight excluding hydrogens is 448 g/mol. The third kappa shape index (κ3) is 6.24. The molecule has 30 heavy (non-hydrogen) atoms. The number of anilines is 1. The van der Waals surface area contributed by atoms with Crippen LogP contribution in [0.1, 0.15) is 26.2 Å². The fourth-order valence-electron chi connectivity index (χ4n) is 2.33. The molecule has 0 unspecified atom stereocenters. The third-order valence-corrected chi connectivity index (χ3v) is 6.40. The fraction of sp³-hybridized carbons (Fsp3) is 0.412. The Hall–Kier alpha value is -2.51. The number of amides is 2. The summed E-state index contributed by atoms with van der Waals surface area (Å²) >= 11 is 3.95. The van der Waals surface area contributed by atoms with Crippen molar-refractivity contribution < 1.29 is 18.7 Å². The van der Waals surface area contributed by atoms with Gasteiger partial charge in [0.05, 0.1) is 23.8 Å². The summed E-state index contributed by atoms with van der Waals surface area (Å²) in [5, 5.41) is 20.7. The van der Waals surface area contributed by atoms with Crippen LogP contribution >= 0.6 is 34.4 Å². The maximum atomic E-state index is 12.7. The number of hydrogen-bond donors (Lipinski definition) is 1. The highest BCUT2D eigenvalue weighted by Crippen LogP contribution is 2.26. The monoisotopic (exact) mass is 468 g/mol. The summed E-state index contributed by atoms with van der Waals surface area (Å²) in [5.41, 5.74) is 0. The minimum Gasteiger partial charge on any atom is -0.450 e. The van der Waals surface area contributed by atoms with E-state index in [4.69, 9.17) is 9.15 Å². The number of aromatic nitrogens is 4. The van der Waals surface area contributed by atoms with Crippen molar-refractivity contribution in [3.63, 3.8) is 0 Å². The maximum Gasteiger partial charge on any atom is 0.413 e. The molecule has 0 atom stereocenters. The van der Waals surface area contributed by atoms with Crippen LogP contribution in [0.25, 0.3) is 10.8 Å². The van der Waals surface area contributed by atoms with Crippen LogP contribution in [-0.2, 0) is 16.1 Å². The van der Waals surface area contributed by atoms with E-state index in [1.54, 1.807) is 11.8 Å². The molecule has 0 aliphatic rings. The Morgan fingerprint density at radius 3 is 2.87 bits per heavy atom. The molecule has 0 fully saturated rings. The largest absolute Gasteiger partial charge is 0.450 e. The molecule has 0 spiro atoms. The van der Waals surface area contributed by atoms with Crippen LogP contribution in [-0.4, -0.2) is 56.2 Å². The lowest BCUT2D eigenvalue weighted by molar-refractivity contribution is -0.129. The number of carbonyl (C=O) groups excluding carboxylic acids is 2. The average molecular weight is 469 g/mol. The Bertz CT molecular complexity index is 959. The molecule has 3 heterocycles. The van der Waals surface area contributed by atoms with Gasteiger partial charge in [-0.1, -0.05) is 36.1 Å². The van der Waals surface area contributed by atoms with Crippen LogP contribution in [0.2, 0.25) is 0 Å². The van der Waals surface area contributed by atoms with E-state index in [1.165, 1.54) is 34.4 Å². The second-order valence-electron chi connectivity index (χ2n) is 5.80. The number of nitrogens with zero attached hydrogens (tertiary/aromatic N) is 5. The topological polar surface area (TPSA) is 123 Å². The van der Waals surface area contributed by atoms with Gasteiger partial charge < -0.3 is 14.1 Å². The van der Waals surface area contributed by atoms with Gasteiger partial charge in [0.25, 0.3) is 5.89 Å². The second-order valence-corrected chi connectivity index (χ2v) is 8.95. The molecule has 0 aliphatic carbocycles. The van der Waals surface area contributed by atoms with Crippen molar-refractivity contribution >= 4 is 51.6 Å². The quantitative estimate of drug-likeness (QED) is 0.350. The van der Waals surface area contributed by atoms with Crippen LogP contribution < -0.4 is 5.32 Å². The Kier molecular flexibility index (Phi) is 8.16. The van der Waals surface area contributed by atoms with Gasteiger partial charge in [0.2, 0.25) is 16.9 Å². The molecule has 0 bridgehead atoms. The molecule has 160 valence electrons. The Morgan fingerprint density at radius 2 is 2.13 bits per heavy atom. The van der Waals surface area contributed by atoms with Crippen molar-refractivity contribution in [2.75, 3.05) is 24.2 Å². The van der Waals surface area contributed by atoms with Crippen molar-refractivity contribution in [2.24, 2.45) is 0 Å². The molecule has 1 N–H and O–H groups in total. The number of thiophene rings is 1. The lowest BCUT2D eigenvalue weighted by Crippen LogP contribution is -2.32. The SMILES string of the molecule is CCCN(Cc1nnc(-c2cccs2)o1)C(=O)CSc1nnc(NC(=O)OCC)s1. The molecule has 3 aromatic rings. The van der Waals surface area contributed by atoms with Crippen LogP contribution in [0.5, 0.6) is 0 Å². The first kappa shape index (κ1) is 22.2. The van der Waals surface area contributed by atoms with Gasteiger partial charge in [-0.2, -0.15) is 0 Å². The lowest BCUT2D eigenvalue weighted by atomic mass is 10.4. The Morgan fingerprint density at radius 1 is 1.27 bits per heavy atom. The zero-order valence-electron chi connectivity index (χ0n) is 16.4. The molecular formula is C17H20N6O4S3. The van der Waals surface area contributed by atoms with Crippen molar-refractivity contribution in [2.45, 2.75) is 31.2 Å². The average Bonchev–Trinajstić information content (AvgIpc) is 3.47. The van der Waals surface area contributed by atoms with Gasteiger partial charge in [0.1, 0.15) is 0 Å². The van der Waals surface area contributed by atoms with Gasteiger partial charge in [-0.15, -0.1) is 31.7 Å². The van der Waals surface area contributed by atoms with E-state index < -0.39 is 6.09 Å². The number of hydrogen-bond acceptors (Lipinski definition) is 11. The normalized spacial score (nSPS) is 10.7. The van der Waals surface area contributed by atoms with Gasteiger partial charge in [-0.3, -0.25) is 10.1 Å². The van der Waals surface area contributed by atoms with Gasteiger partial charge in [0, 0.05) is 6.54 Å². The minimum atomic E-state index is -0.586. The molecule has 3 aromatic heterocycles. The highest BCUT2D eigenvalue weighted by Gasteiger charge is 2.19. The molecule has 0 saturated heterocycles. The third-order valence-electron chi connectivity index (χ3n) is 3.58. The number of rotatable bonds is 10. The first-order chi connectivity index (χ1) is 14.6. The second kappa shape index (κ2) is 11.0. The highest BCUT2D eigenvalue weighted by molar-refractivity contribution is 8.01. The zero-order valence-corrected chi connectivity index (χ0v) is 18.8. The van der Waals surface area contributed by atoms with Crippen molar-refractivity contribution in [1.82, 2.24) is 25.3 Å². The summed E-state index contributed by atoms with van der Waals surface area (Å²) in [6, 6.07) is 3.82. The number of nitrogens with one attached hydrogen (secondary N) is 1. The summed E-state index contributed by atoms with van der Waals surface area (Å²) in [6.45, 7) is 4.80. The van der Waals surface area contributed by atoms with E-state index in [9.17, 15) is 9.59 Å². The predicted octanol–water partition coefficient (Wildman–Crippen LogP) is 3.75. The van der Waals surface area contributed by atoms with Crippen LogP contribution in [0, 0.1) is 0 Å². The van der Waals surface area contributed by atoms with E-state index in [0.717, 1.165) is 11.3 Å². The number of thioether (sulfide) groups is 1. The predicted molar refractivity (Wildman–Crippen MR) is 115 cm³/mol.